The molecule has 2 rings (SSSR count). The summed E-state index contributed by atoms with van der Waals surface area (Å²) < 4.78 is 23.4. The lowest BCUT2D eigenvalue weighted by Gasteiger charge is -2.10. The first-order valence-electron chi connectivity index (χ1n) is 6.65. The molecule has 6 nitrogen and oxygen atoms in total. The molecular weight excluding hydrogens is 303 g/mol. The molecule has 0 unspecified atom stereocenters. The maximum Gasteiger partial charge on any atom is 0.259 e. The smallest absolute Gasteiger partial charge is 0.259 e. The third-order valence-electron chi connectivity index (χ3n) is 2.90. The normalized spacial score (nSPS) is 10.0. The van der Waals surface area contributed by atoms with Gasteiger partial charge in [-0.05, 0) is 42.5 Å². The van der Waals surface area contributed by atoms with Gasteiger partial charge >= 0.3 is 0 Å². The minimum Gasteiger partial charge on any atom is -0.496 e. The summed E-state index contributed by atoms with van der Waals surface area (Å²) in [6.45, 7) is -0.230. The molecule has 0 aliphatic carbocycles. The standard InChI is InChI=1S/C16H15FN2O4/c1-22-14-7-2-10(17)8-13(14)16(21)19-11-3-5-12(6-4-11)23-9-15(18)20/h2-8H,9H2,1H3,(H2,18,20)(H,19,21). The van der Waals surface area contributed by atoms with Crippen molar-refractivity contribution >= 4 is 17.5 Å². The predicted octanol–water partition coefficient (Wildman–Crippen LogP) is 1.95. The Morgan fingerprint density at radius 2 is 1.87 bits per heavy atom. The SMILES string of the molecule is COc1ccc(F)cc1C(=O)Nc1ccc(OCC(N)=O)cc1. The summed E-state index contributed by atoms with van der Waals surface area (Å²) in [5.41, 5.74) is 5.54. The van der Waals surface area contributed by atoms with Crippen molar-refractivity contribution in [2.24, 2.45) is 5.73 Å². The number of nitrogens with one attached hydrogen (secondary N) is 1. The minimum absolute atomic E-state index is 0.0848. The van der Waals surface area contributed by atoms with Crippen molar-refractivity contribution < 1.29 is 23.5 Å². The quantitative estimate of drug-likeness (QED) is 0.851. The van der Waals surface area contributed by atoms with Crippen LogP contribution in [0, 0.1) is 5.82 Å². The first-order chi connectivity index (χ1) is 11.0. The molecule has 23 heavy (non-hydrogen) atoms. The van der Waals surface area contributed by atoms with Crippen LogP contribution in [0.15, 0.2) is 42.5 Å². The van der Waals surface area contributed by atoms with Gasteiger partial charge in [-0.25, -0.2) is 4.39 Å². The molecule has 0 bridgehead atoms. The predicted molar refractivity (Wildman–Crippen MR) is 82.0 cm³/mol. The summed E-state index contributed by atoms with van der Waals surface area (Å²) in [5, 5.41) is 2.62. The number of primary amides is 1. The van der Waals surface area contributed by atoms with E-state index in [1.165, 1.54) is 19.2 Å². The number of nitrogens with two attached hydrogens (primary N) is 1. The molecule has 0 heterocycles. The fourth-order valence-corrected chi connectivity index (χ4v) is 1.85. The third kappa shape index (κ3) is 4.44. The van der Waals surface area contributed by atoms with Gasteiger partial charge in [0.15, 0.2) is 6.61 Å². The van der Waals surface area contributed by atoms with Gasteiger partial charge in [0, 0.05) is 5.69 Å². The van der Waals surface area contributed by atoms with Crippen LogP contribution in [0.4, 0.5) is 10.1 Å². The first kappa shape index (κ1) is 16.3. The monoisotopic (exact) mass is 318 g/mol. The molecule has 2 aromatic carbocycles. The zero-order valence-electron chi connectivity index (χ0n) is 12.3. The Hall–Kier alpha value is -3.09. The molecule has 7 heteroatoms. The van der Waals surface area contributed by atoms with E-state index >= 15 is 0 Å². The van der Waals surface area contributed by atoms with E-state index in [1.54, 1.807) is 24.3 Å². The van der Waals surface area contributed by atoms with Crippen molar-refractivity contribution in [2.75, 3.05) is 19.0 Å². The van der Waals surface area contributed by atoms with Crippen LogP contribution < -0.4 is 20.5 Å². The van der Waals surface area contributed by atoms with Crippen LogP contribution in [0.25, 0.3) is 0 Å². The highest BCUT2D eigenvalue weighted by Gasteiger charge is 2.13. The number of rotatable bonds is 6. The lowest BCUT2D eigenvalue weighted by atomic mass is 10.1. The maximum absolute atomic E-state index is 13.3. The van der Waals surface area contributed by atoms with Gasteiger partial charge in [-0.2, -0.15) is 0 Å². The lowest BCUT2D eigenvalue weighted by molar-refractivity contribution is -0.119. The van der Waals surface area contributed by atoms with Gasteiger partial charge in [-0.15, -0.1) is 0 Å². The van der Waals surface area contributed by atoms with E-state index < -0.39 is 17.6 Å². The summed E-state index contributed by atoms with van der Waals surface area (Å²) in [6.07, 6.45) is 0. The van der Waals surface area contributed by atoms with Crippen molar-refractivity contribution in [3.63, 3.8) is 0 Å². The number of halogens is 1. The topological polar surface area (TPSA) is 90.7 Å². The largest absolute Gasteiger partial charge is 0.496 e. The van der Waals surface area contributed by atoms with Crippen LogP contribution in [0.5, 0.6) is 11.5 Å². The number of benzene rings is 2. The van der Waals surface area contributed by atoms with Gasteiger partial charge in [0.25, 0.3) is 11.8 Å². The molecule has 0 saturated carbocycles. The van der Waals surface area contributed by atoms with E-state index in [0.29, 0.717) is 11.4 Å². The van der Waals surface area contributed by atoms with E-state index in [-0.39, 0.29) is 17.9 Å². The molecule has 0 fully saturated rings. The van der Waals surface area contributed by atoms with Crippen LogP contribution in [0.3, 0.4) is 0 Å². The Balaban J connectivity index is 2.08. The van der Waals surface area contributed by atoms with Crippen molar-refractivity contribution in [3.05, 3.63) is 53.8 Å². The number of hydrogen-bond donors (Lipinski definition) is 2. The number of carbonyl (C=O) groups excluding carboxylic acids is 2. The number of ether oxygens (including phenoxy) is 2. The van der Waals surface area contributed by atoms with Gasteiger partial charge in [0.1, 0.15) is 17.3 Å². The molecule has 0 aliphatic rings. The van der Waals surface area contributed by atoms with Gasteiger partial charge in [-0.1, -0.05) is 0 Å². The summed E-state index contributed by atoms with van der Waals surface area (Å²) in [6, 6.07) is 9.99. The number of methoxy groups -OCH3 is 1. The minimum atomic E-state index is -0.583. The van der Waals surface area contributed by atoms with E-state index in [0.717, 1.165) is 6.07 Å². The van der Waals surface area contributed by atoms with E-state index in [1.807, 2.05) is 0 Å². The number of hydrogen-bond acceptors (Lipinski definition) is 4. The molecule has 0 aromatic heterocycles. The zero-order chi connectivity index (χ0) is 16.8. The Morgan fingerprint density at radius 3 is 2.48 bits per heavy atom. The molecule has 0 atom stereocenters. The Bertz CT molecular complexity index is 717. The number of amides is 2. The molecule has 3 N–H and O–H groups in total. The molecular formula is C16H15FN2O4. The average Bonchev–Trinajstić information content (AvgIpc) is 2.54. The third-order valence-corrected chi connectivity index (χ3v) is 2.90. The van der Waals surface area contributed by atoms with Crippen LogP contribution >= 0.6 is 0 Å². The molecule has 0 saturated heterocycles. The van der Waals surface area contributed by atoms with Crippen LogP contribution in [-0.4, -0.2) is 25.5 Å². The van der Waals surface area contributed by atoms with E-state index in [9.17, 15) is 14.0 Å². The lowest BCUT2D eigenvalue weighted by Crippen LogP contribution is -2.20. The second-order valence-corrected chi connectivity index (χ2v) is 4.58. The fraction of sp³-hybridized carbons (Fsp3) is 0.125. The van der Waals surface area contributed by atoms with Crippen LogP contribution in [0.1, 0.15) is 10.4 Å². The van der Waals surface area contributed by atoms with Crippen molar-refractivity contribution in [2.45, 2.75) is 0 Å². The van der Waals surface area contributed by atoms with Gasteiger partial charge in [-0.3, -0.25) is 9.59 Å². The number of anilines is 1. The van der Waals surface area contributed by atoms with Crippen LogP contribution in [0.2, 0.25) is 0 Å². The molecule has 0 radical (unpaired) electrons. The maximum atomic E-state index is 13.3. The average molecular weight is 318 g/mol. The molecule has 0 spiro atoms. The summed E-state index contributed by atoms with van der Waals surface area (Å²) >= 11 is 0. The van der Waals surface area contributed by atoms with Crippen LogP contribution in [-0.2, 0) is 4.79 Å². The van der Waals surface area contributed by atoms with Crippen molar-refractivity contribution in [1.29, 1.82) is 0 Å². The van der Waals surface area contributed by atoms with Crippen molar-refractivity contribution in [1.82, 2.24) is 0 Å². The molecule has 2 aromatic rings. The summed E-state index contributed by atoms with van der Waals surface area (Å²) in [7, 11) is 1.40. The molecule has 120 valence electrons. The highest BCUT2D eigenvalue weighted by atomic mass is 19.1. The molecule has 2 amide bonds. The number of carbonyl (C=O) groups is 2. The Labute approximate surface area is 132 Å². The first-order valence-corrected chi connectivity index (χ1v) is 6.65. The highest BCUT2D eigenvalue weighted by molar-refractivity contribution is 6.06. The van der Waals surface area contributed by atoms with Crippen molar-refractivity contribution in [3.8, 4) is 11.5 Å². The second-order valence-electron chi connectivity index (χ2n) is 4.58. The van der Waals surface area contributed by atoms with Gasteiger partial charge < -0.3 is 20.5 Å². The Morgan fingerprint density at radius 1 is 1.17 bits per heavy atom. The van der Waals surface area contributed by atoms with Gasteiger partial charge in [0.05, 0.1) is 12.7 Å². The van der Waals surface area contributed by atoms with E-state index in [2.05, 4.69) is 5.32 Å². The summed E-state index contributed by atoms with van der Waals surface area (Å²) in [4.78, 5) is 22.8. The van der Waals surface area contributed by atoms with Gasteiger partial charge in [0.2, 0.25) is 0 Å². The molecule has 0 aliphatic heterocycles. The second kappa shape index (κ2) is 7.26. The fourth-order valence-electron chi connectivity index (χ4n) is 1.85. The van der Waals surface area contributed by atoms with E-state index in [4.69, 9.17) is 15.2 Å². The highest BCUT2D eigenvalue weighted by Crippen LogP contribution is 2.22. The zero-order valence-corrected chi connectivity index (χ0v) is 12.3. The Kier molecular flexibility index (Phi) is 5.14. The summed E-state index contributed by atoms with van der Waals surface area (Å²) in [5.74, 6) is -0.922.